The van der Waals surface area contributed by atoms with Gasteiger partial charge in [0.25, 0.3) is 11.6 Å². The van der Waals surface area contributed by atoms with Crippen molar-refractivity contribution in [1.29, 1.82) is 0 Å². The van der Waals surface area contributed by atoms with Crippen LogP contribution < -0.4 is 15.4 Å². The first-order valence-corrected chi connectivity index (χ1v) is 6.92. The van der Waals surface area contributed by atoms with Crippen molar-refractivity contribution in [1.82, 2.24) is 10.2 Å². The van der Waals surface area contributed by atoms with E-state index in [1.807, 2.05) is 0 Å². The Balaban J connectivity index is 2.15. The fraction of sp³-hybridized carbons (Fsp3) is 0.357. The zero-order valence-electron chi connectivity index (χ0n) is 13.3. The summed E-state index contributed by atoms with van der Waals surface area (Å²) in [5, 5.41) is 15.8. The van der Waals surface area contributed by atoms with Crippen LogP contribution in [0.25, 0.3) is 0 Å². The lowest BCUT2D eigenvalue weighted by Gasteiger charge is -2.15. The summed E-state index contributed by atoms with van der Waals surface area (Å²) in [5.41, 5.74) is -1.51. The van der Waals surface area contributed by atoms with E-state index >= 15 is 0 Å². The number of carbonyl (C=O) groups excluding carboxylic acids is 3. The number of imide groups is 1. The first-order valence-electron chi connectivity index (χ1n) is 6.92. The standard InChI is InChI=1S/C14H16N4O6/c1-14(2)12(20)17(13(21)16-14)7-11(19)15-9-5-4-8(24-3)6-10(9)18(22)23/h4-6H,7H2,1-3H3,(H,15,19)(H,16,21). The van der Waals surface area contributed by atoms with Crippen LogP contribution >= 0.6 is 0 Å². The molecule has 128 valence electrons. The minimum Gasteiger partial charge on any atom is -0.496 e. The van der Waals surface area contributed by atoms with E-state index in [4.69, 9.17) is 4.74 Å². The topological polar surface area (TPSA) is 131 Å². The maximum absolute atomic E-state index is 12.1. The fourth-order valence-electron chi connectivity index (χ4n) is 2.19. The van der Waals surface area contributed by atoms with Crippen molar-refractivity contribution in [2.24, 2.45) is 0 Å². The van der Waals surface area contributed by atoms with Crippen molar-refractivity contribution in [2.45, 2.75) is 19.4 Å². The molecular weight excluding hydrogens is 320 g/mol. The molecule has 1 aliphatic heterocycles. The van der Waals surface area contributed by atoms with Gasteiger partial charge in [0.05, 0.1) is 18.1 Å². The van der Waals surface area contributed by atoms with Gasteiger partial charge in [-0.1, -0.05) is 0 Å². The number of rotatable bonds is 5. The molecule has 1 heterocycles. The molecule has 2 N–H and O–H groups in total. The Hall–Kier alpha value is -3.17. The zero-order valence-corrected chi connectivity index (χ0v) is 13.3. The maximum atomic E-state index is 12.1. The van der Waals surface area contributed by atoms with Crippen LogP contribution in [-0.2, 0) is 9.59 Å². The lowest BCUT2D eigenvalue weighted by Crippen LogP contribution is -2.41. The quantitative estimate of drug-likeness (QED) is 0.466. The highest BCUT2D eigenvalue weighted by Crippen LogP contribution is 2.29. The summed E-state index contributed by atoms with van der Waals surface area (Å²) in [4.78, 5) is 47.0. The van der Waals surface area contributed by atoms with E-state index in [2.05, 4.69) is 10.6 Å². The molecule has 2 rings (SSSR count). The summed E-state index contributed by atoms with van der Waals surface area (Å²) in [6.45, 7) is 2.48. The number of methoxy groups -OCH3 is 1. The van der Waals surface area contributed by atoms with Crippen molar-refractivity contribution >= 4 is 29.2 Å². The smallest absolute Gasteiger partial charge is 0.325 e. The molecule has 0 bridgehead atoms. The van der Waals surface area contributed by atoms with E-state index in [0.717, 1.165) is 11.0 Å². The second-order valence-corrected chi connectivity index (χ2v) is 5.63. The first-order chi connectivity index (χ1) is 11.2. The third-order valence-electron chi connectivity index (χ3n) is 3.42. The summed E-state index contributed by atoms with van der Waals surface area (Å²) >= 11 is 0. The fourth-order valence-corrected chi connectivity index (χ4v) is 2.19. The number of nitro groups is 1. The Bertz CT molecular complexity index is 730. The van der Waals surface area contributed by atoms with Gasteiger partial charge in [-0.3, -0.25) is 24.6 Å². The Morgan fingerprint density at radius 3 is 2.58 bits per heavy atom. The molecule has 0 atom stereocenters. The lowest BCUT2D eigenvalue weighted by molar-refractivity contribution is -0.384. The normalized spacial score (nSPS) is 15.9. The van der Waals surface area contributed by atoms with Gasteiger partial charge < -0.3 is 15.4 Å². The van der Waals surface area contributed by atoms with Crippen LogP contribution in [0, 0.1) is 10.1 Å². The number of benzene rings is 1. The molecule has 1 fully saturated rings. The number of urea groups is 1. The van der Waals surface area contributed by atoms with Crippen molar-refractivity contribution in [2.75, 3.05) is 19.0 Å². The van der Waals surface area contributed by atoms with Gasteiger partial charge in [-0.2, -0.15) is 0 Å². The molecule has 10 heteroatoms. The van der Waals surface area contributed by atoms with E-state index in [9.17, 15) is 24.5 Å². The minimum absolute atomic E-state index is 0.0582. The number of anilines is 1. The molecule has 24 heavy (non-hydrogen) atoms. The largest absolute Gasteiger partial charge is 0.496 e. The minimum atomic E-state index is -1.09. The van der Waals surface area contributed by atoms with E-state index in [1.54, 1.807) is 0 Å². The summed E-state index contributed by atoms with van der Waals surface area (Å²) in [6.07, 6.45) is 0. The van der Waals surface area contributed by atoms with Crippen molar-refractivity contribution in [3.8, 4) is 5.75 Å². The highest BCUT2D eigenvalue weighted by molar-refractivity contribution is 6.09. The van der Waals surface area contributed by atoms with Crippen molar-refractivity contribution in [3.05, 3.63) is 28.3 Å². The Kier molecular flexibility index (Phi) is 4.40. The predicted octanol–water partition coefficient (Wildman–Crippen LogP) is 0.872. The van der Waals surface area contributed by atoms with Crippen molar-refractivity contribution in [3.63, 3.8) is 0 Å². The molecule has 4 amide bonds. The highest BCUT2D eigenvalue weighted by atomic mass is 16.6. The molecule has 0 spiro atoms. The number of nitrogens with one attached hydrogen (secondary N) is 2. The van der Waals surface area contributed by atoms with Gasteiger partial charge in [-0.15, -0.1) is 0 Å². The van der Waals surface area contributed by atoms with Crippen LogP contribution in [0.3, 0.4) is 0 Å². The summed E-state index contributed by atoms with van der Waals surface area (Å²) in [5.74, 6) is -1.02. The maximum Gasteiger partial charge on any atom is 0.325 e. The number of hydrogen-bond donors (Lipinski definition) is 2. The molecule has 1 aliphatic rings. The van der Waals surface area contributed by atoms with Crippen LogP contribution in [0.1, 0.15) is 13.8 Å². The molecule has 0 saturated carbocycles. The van der Waals surface area contributed by atoms with Crippen LogP contribution in [0.2, 0.25) is 0 Å². The van der Waals surface area contributed by atoms with Crippen LogP contribution in [-0.4, -0.2) is 46.9 Å². The van der Waals surface area contributed by atoms with Gasteiger partial charge in [0.1, 0.15) is 23.5 Å². The van der Waals surface area contributed by atoms with Gasteiger partial charge in [0.15, 0.2) is 0 Å². The average Bonchev–Trinajstić information content (AvgIpc) is 2.69. The monoisotopic (exact) mass is 336 g/mol. The molecule has 1 aromatic rings. The SMILES string of the molecule is COc1ccc(NC(=O)CN2C(=O)NC(C)(C)C2=O)c([N+](=O)[O-])c1. The summed E-state index contributed by atoms with van der Waals surface area (Å²) < 4.78 is 4.90. The third kappa shape index (κ3) is 3.26. The van der Waals surface area contributed by atoms with Gasteiger partial charge in [0.2, 0.25) is 5.91 Å². The molecule has 1 saturated heterocycles. The molecular formula is C14H16N4O6. The Morgan fingerprint density at radius 2 is 2.08 bits per heavy atom. The summed E-state index contributed by atoms with van der Waals surface area (Å²) in [6, 6.07) is 3.22. The molecule has 0 unspecified atom stereocenters. The summed E-state index contributed by atoms with van der Waals surface area (Å²) in [7, 11) is 1.36. The second kappa shape index (κ2) is 6.14. The highest BCUT2D eigenvalue weighted by Gasteiger charge is 2.44. The van der Waals surface area contributed by atoms with E-state index < -0.39 is 34.9 Å². The lowest BCUT2D eigenvalue weighted by atomic mass is 10.1. The molecule has 0 aromatic heterocycles. The Morgan fingerprint density at radius 1 is 1.42 bits per heavy atom. The molecule has 0 radical (unpaired) electrons. The number of nitrogens with zero attached hydrogens (tertiary/aromatic N) is 2. The second-order valence-electron chi connectivity index (χ2n) is 5.63. The van der Waals surface area contributed by atoms with Crippen LogP contribution in [0.5, 0.6) is 5.75 Å². The van der Waals surface area contributed by atoms with Crippen molar-refractivity contribution < 1.29 is 24.0 Å². The van der Waals surface area contributed by atoms with Gasteiger partial charge in [-0.25, -0.2) is 4.79 Å². The Labute approximate surface area is 136 Å². The van der Waals surface area contributed by atoms with Gasteiger partial charge in [0, 0.05) is 0 Å². The third-order valence-corrected chi connectivity index (χ3v) is 3.42. The van der Waals surface area contributed by atoms with Gasteiger partial charge in [-0.05, 0) is 26.0 Å². The first kappa shape index (κ1) is 17.2. The molecule has 1 aromatic carbocycles. The van der Waals surface area contributed by atoms with Crippen LogP contribution in [0.4, 0.5) is 16.2 Å². The number of carbonyl (C=O) groups is 3. The number of hydrogen-bond acceptors (Lipinski definition) is 6. The van der Waals surface area contributed by atoms with E-state index in [0.29, 0.717) is 0 Å². The number of ether oxygens (including phenoxy) is 1. The predicted molar refractivity (Wildman–Crippen MR) is 82.6 cm³/mol. The number of amides is 4. The molecule has 10 nitrogen and oxygen atoms in total. The molecule has 0 aliphatic carbocycles. The average molecular weight is 336 g/mol. The zero-order chi connectivity index (χ0) is 18.1. The van der Waals surface area contributed by atoms with E-state index in [1.165, 1.54) is 33.1 Å². The van der Waals surface area contributed by atoms with Gasteiger partial charge >= 0.3 is 6.03 Å². The number of nitro benzene ring substituents is 1. The van der Waals surface area contributed by atoms with Crippen LogP contribution in [0.15, 0.2) is 18.2 Å². The van der Waals surface area contributed by atoms with E-state index in [-0.39, 0.29) is 17.1 Å².